The van der Waals surface area contributed by atoms with Gasteiger partial charge in [-0.2, -0.15) is 18.2 Å². The van der Waals surface area contributed by atoms with E-state index in [4.69, 9.17) is 4.52 Å². The van der Waals surface area contributed by atoms with E-state index < -0.39 is 11.7 Å². The number of nitrogens with zero attached hydrogens (tertiary/aromatic N) is 4. The molecule has 1 aliphatic carbocycles. The minimum Gasteiger partial charge on any atom is -0.340 e. The first-order valence-corrected chi connectivity index (χ1v) is 10.4. The molecule has 1 aliphatic heterocycles. The molecule has 0 spiro atoms. The number of benzene rings is 1. The molecule has 0 bridgehead atoms. The first kappa shape index (κ1) is 20.8. The summed E-state index contributed by atoms with van der Waals surface area (Å²) < 4.78 is 44.0. The van der Waals surface area contributed by atoms with Crippen LogP contribution < -0.4 is 0 Å². The number of piperazine rings is 1. The number of aromatic nitrogens is 2. The lowest BCUT2D eigenvalue weighted by molar-refractivity contribution is -0.138. The smallest absolute Gasteiger partial charge is 0.340 e. The second-order valence-corrected chi connectivity index (χ2v) is 8.03. The molecule has 1 saturated heterocycles. The van der Waals surface area contributed by atoms with Crippen molar-refractivity contribution in [3.63, 3.8) is 0 Å². The van der Waals surface area contributed by atoms with E-state index in [0.29, 0.717) is 38.6 Å². The van der Waals surface area contributed by atoms with E-state index in [1.54, 1.807) is 0 Å². The van der Waals surface area contributed by atoms with Crippen LogP contribution in [0.15, 0.2) is 28.8 Å². The molecule has 0 unspecified atom stereocenters. The summed E-state index contributed by atoms with van der Waals surface area (Å²) in [4.78, 5) is 21.0. The molecule has 6 nitrogen and oxygen atoms in total. The van der Waals surface area contributed by atoms with Gasteiger partial charge in [-0.25, -0.2) is 0 Å². The third-order valence-electron chi connectivity index (χ3n) is 5.91. The summed E-state index contributed by atoms with van der Waals surface area (Å²) in [5, 5.41) is 3.83. The Hall–Kier alpha value is -2.42. The maximum Gasteiger partial charge on any atom is 0.416 e. The van der Waals surface area contributed by atoms with Crippen LogP contribution in [0.25, 0.3) is 11.4 Å². The molecule has 9 heteroatoms. The normalized spacial score (nSPS) is 19.2. The van der Waals surface area contributed by atoms with Gasteiger partial charge in [0.2, 0.25) is 17.6 Å². The van der Waals surface area contributed by atoms with E-state index >= 15 is 0 Å². The average molecular weight is 422 g/mol. The molecule has 2 fully saturated rings. The molecule has 1 saturated carbocycles. The maximum atomic E-state index is 12.9. The van der Waals surface area contributed by atoms with Crippen LogP contribution in [0.3, 0.4) is 0 Å². The molecule has 1 aromatic carbocycles. The van der Waals surface area contributed by atoms with Gasteiger partial charge in [0.05, 0.1) is 12.1 Å². The number of carbonyl (C=O) groups is 1. The molecule has 2 aromatic rings. The van der Waals surface area contributed by atoms with Gasteiger partial charge in [0.25, 0.3) is 0 Å². The van der Waals surface area contributed by atoms with Crippen LogP contribution in [0.5, 0.6) is 0 Å². The van der Waals surface area contributed by atoms with E-state index in [1.165, 1.54) is 18.6 Å². The van der Waals surface area contributed by atoms with Crippen LogP contribution >= 0.6 is 0 Å². The van der Waals surface area contributed by atoms with Gasteiger partial charge in [-0.15, -0.1) is 0 Å². The SMILES string of the molecule is O=C(C1CCCCC1)N1CCN(Cc2nc(-c3cccc(C(F)(F)F)c3)no2)CC1. The molecular weight excluding hydrogens is 397 g/mol. The minimum absolute atomic E-state index is 0.141. The zero-order valence-electron chi connectivity index (χ0n) is 16.7. The van der Waals surface area contributed by atoms with Crippen LogP contribution in [0.2, 0.25) is 0 Å². The molecule has 4 rings (SSSR count). The summed E-state index contributed by atoms with van der Waals surface area (Å²) in [5.41, 5.74) is -0.479. The van der Waals surface area contributed by atoms with Crippen molar-refractivity contribution in [2.45, 2.75) is 44.8 Å². The number of carbonyl (C=O) groups excluding carboxylic acids is 1. The molecule has 2 aliphatic rings. The molecule has 1 amide bonds. The predicted molar refractivity (Wildman–Crippen MR) is 103 cm³/mol. The lowest BCUT2D eigenvalue weighted by atomic mass is 9.88. The second-order valence-electron chi connectivity index (χ2n) is 8.03. The number of halogens is 3. The van der Waals surface area contributed by atoms with Gasteiger partial charge in [0.15, 0.2) is 0 Å². The highest BCUT2D eigenvalue weighted by Gasteiger charge is 2.31. The second kappa shape index (κ2) is 8.75. The summed E-state index contributed by atoms with van der Waals surface area (Å²) in [5.74, 6) is 0.951. The van der Waals surface area contributed by atoms with Crippen molar-refractivity contribution in [1.82, 2.24) is 19.9 Å². The molecule has 30 heavy (non-hydrogen) atoms. The van der Waals surface area contributed by atoms with E-state index in [9.17, 15) is 18.0 Å². The van der Waals surface area contributed by atoms with Crippen LogP contribution in [0.4, 0.5) is 13.2 Å². The fraction of sp³-hybridized carbons (Fsp3) is 0.571. The number of alkyl halides is 3. The summed E-state index contributed by atoms with van der Waals surface area (Å²) in [6, 6.07) is 4.89. The molecule has 0 radical (unpaired) electrons. The molecule has 2 heterocycles. The van der Waals surface area contributed by atoms with Crippen molar-refractivity contribution in [3.8, 4) is 11.4 Å². The van der Waals surface area contributed by atoms with E-state index in [-0.39, 0.29) is 23.2 Å². The Labute approximate surface area is 173 Å². The Kier molecular flexibility index (Phi) is 6.08. The Morgan fingerprint density at radius 3 is 2.53 bits per heavy atom. The van der Waals surface area contributed by atoms with Crippen molar-refractivity contribution in [2.24, 2.45) is 5.92 Å². The third-order valence-corrected chi connectivity index (χ3v) is 5.91. The number of amides is 1. The van der Waals surface area contributed by atoms with Gasteiger partial charge >= 0.3 is 6.18 Å². The molecular formula is C21H25F3N4O2. The standard InChI is InChI=1S/C21H25F3N4O2/c22-21(23,24)17-8-4-7-16(13-17)19-25-18(30-26-19)14-27-9-11-28(12-10-27)20(29)15-5-2-1-3-6-15/h4,7-8,13,15H,1-3,5-6,9-12,14H2. The monoisotopic (exact) mass is 422 g/mol. The fourth-order valence-corrected chi connectivity index (χ4v) is 4.20. The van der Waals surface area contributed by atoms with Crippen LogP contribution in [0, 0.1) is 5.92 Å². The van der Waals surface area contributed by atoms with Gasteiger partial charge in [-0.1, -0.05) is 36.6 Å². The summed E-state index contributed by atoms with van der Waals surface area (Å²) in [6.45, 7) is 3.17. The zero-order chi connectivity index (χ0) is 21.1. The highest BCUT2D eigenvalue weighted by atomic mass is 19.4. The van der Waals surface area contributed by atoms with Crippen molar-refractivity contribution >= 4 is 5.91 Å². The first-order valence-electron chi connectivity index (χ1n) is 10.4. The predicted octanol–water partition coefficient (Wildman–Crippen LogP) is 3.98. The van der Waals surface area contributed by atoms with Gasteiger partial charge in [-0.3, -0.25) is 9.69 Å². The lowest BCUT2D eigenvalue weighted by Gasteiger charge is -2.36. The summed E-state index contributed by atoms with van der Waals surface area (Å²) in [6.07, 6.45) is 1.09. The number of hydrogen-bond donors (Lipinski definition) is 0. The molecule has 0 N–H and O–H groups in total. The van der Waals surface area contributed by atoms with Gasteiger partial charge in [0.1, 0.15) is 0 Å². The number of rotatable bonds is 4. The topological polar surface area (TPSA) is 62.5 Å². The van der Waals surface area contributed by atoms with E-state index in [2.05, 4.69) is 15.0 Å². The molecule has 0 atom stereocenters. The van der Waals surface area contributed by atoms with Crippen LogP contribution in [0.1, 0.15) is 43.6 Å². The minimum atomic E-state index is -4.42. The zero-order valence-corrected chi connectivity index (χ0v) is 16.7. The average Bonchev–Trinajstić information content (AvgIpc) is 3.22. The van der Waals surface area contributed by atoms with Gasteiger partial charge in [-0.05, 0) is 25.0 Å². The molecule has 162 valence electrons. The van der Waals surface area contributed by atoms with Crippen molar-refractivity contribution < 1.29 is 22.5 Å². The summed E-state index contributed by atoms with van der Waals surface area (Å²) >= 11 is 0. The van der Waals surface area contributed by atoms with Crippen molar-refractivity contribution in [3.05, 3.63) is 35.7 Å². The Morgan fingerprint density at radius 1 is 1.10 bits per heavy atom. The van der Waals surface area contributed by atoms with Gasteiger partial charge in [0, 0.05) is 37.7 Å². The quantitative estimate of drug-likeness (QED) is 0.746. The van der Waals surface area contributed by atoms with E-state index in [0.717, 1.165) is 37.8 Å². The van der Waals surface area contributed by atoms with Crippen LogP contribution in [-0.2, 0) is 17.5 Å². The summed E-state index contributed by atoms with van der Waals surface area (Å²) in [7, 11) is 0. The Morgan fingerprint density at radius 2 is 1.83 bits per heavy atom. The first-order chi connectivity index (χ1) is 14.4. The van der Waals surface area contributed by atoms with E-state index in [1.807, 2.05) is 4.90 Å². The fourth-order valence-electron chi connectivity index (χ4n) is 4.20. The largest absolute Gasteiger partial charge is 0.416 e. The van der Waals surface area contributed by atoms with Gasteiger partial charge < -0.3 is 9.42 Å². The van der Waals surface area contributed by atoms with Crippen molar-refractivity contribution in [1.29, 1.82) is 0 Å². The lowest BCUT2D eigenvalue weighted by Crippen LogP contribution is -2.50. The van der Waals surface area contributed by atoms with Crippen LogP contribution in [-0.4, -0.2) is 52.0 Å². The highest BCUT2D eigenvalue weighted by Crippen LogP contribution is 2.31. The maximum absolute atomic E-state index is 12.9. The third kappa shape index (κ3) is 4.83. The Balaban J connectivity index is 1.32. The highest BCUT2D eigenvalue weighted by molar-refractivity contribution is 5.79. The Bertz CT molecular complexity index is 869. The number of hydrogen-bond acceptors (Lipinski definition) is 5. The molecule has 1 aromatic heterocycles. The van der Waals surface area contributed by atoms with Crippen molar-refractivity contribution in [2.75, 3.05) is 26.2 Å².